The predicted octanol–water partition coefficient (Wildman–Crippen LogP) is 0.609. The van der Waals surface area contributed by atoms with Gasteiger partial charge in [0, 0.05) is 19.4 Å². The SMILES string of the molecule is COC(=O)c1ccc(NCc2nccn2C)nn1. The van der Waals surface area contributed by atoms with E-state index in [0.29, 0.717) is 12.4 Å². The van der Waals surface area contributed by atoms with Crippen LogP contribution >= 0.6 is 0 Å². The zero-order valence-corrected chi connectivity index (χ0v) is 10.1. The molecule has 2 heterocycles. The minimum absolute atomic E-state index is 0.181. The highest BCUT2D eigenvalue weighted by Crippen LogP contribution is 2.05. The molecule has 0 amide bonds. The van der Waals surface area contributed by atoms with Gasteiger partial charge in [-0.1, -0.05) is 0 Å². The van der Waals surface area contributed by atoms with Gasteiger partial charge in [0.2, 0.25) is 0 Å². The van der Waals surface area contributed by atoms with Crippen molar-refractivity contribution < 1.29 is 9.53 Å². The number of nitrogens with one attached hydrogen (secondary N) is 1. The first-order chi connectivity index (χ1) is 8.70. The predicted molar refractivity (Wildman–Crippen MR) is 63.9 cm³/mol. The van der Waals surface area contributed by atoms with E-state index in [2.05, 4.69) is 25.2 Å². The number of hydrogen-bond donors (Lipinski definition) is 1. The fraction of sp³-hybridized carbons (Fsp3) is 0.273. The molecular formula is C11H13N5O2. The lowest BCUT2D eigenvalue weighted by atomic mass is 10.4. The number of methoxy groups -OCH3 is 1. The molecule has 2 aromatic rings. The third kappa shape index (κ3) is 2.62. The third-order valence-corrected chi connectivity index (χ3v) is 2.41. The number of hydrogen-bond acceptors (Lipinski definition) is 6. The second-order valence-corrected chi connectivity index (χ2v) is 3.60. The number of nitrogens with zero attached hydrogens (tertiary/aromatic N) is 4. The van der Waals surface area contributed by atoms with Gasteiger partial charge in [-0.3, -0.25) is 0 Å². The lowest BCUT2D eigenvalue weighted by Crippen LogP contribution is -2.09. The van der Waals surface area contributed by atoms with Crippen LogP contribution in [0.2, 0.25) is 0 Å². The molecular weight excluding hydrogens is 234 g/mol. The lowest BCUT2D eigenvalue weighted by Gasteiger charge is -2.05. The second kappa shape index (κ2) is 5.26. The van der Waals surface area contributed by atoms with Crippen molar-refractivity contribution in [3.63, 3.8) is 0 Å². The minimum atomic E-state index is -0.502. The zero-order valence-electron chi connectivity index (χ0n) is 10.1. The molecule has 2 rings (SSSR count). The van der Waals surface area contributed by atoms with E-state index in [1.54, 1.807) is 18.3 Å². The first-order valence-electron chi connectivity index (χ1n) is 5.33. The summed E-state index contributed by atoms with van der Waals surface area (Å²) < 4.78 is 6.44. The fourth-order valence-corrected chi connectivity index (χ4v) is 1.38. The molecule has 94 valence electrons. The van der Waals surface area contributed by atoms with Gasteiger partial charge in [-0.05, 0) is 12.1 Å². The van der Waals surface area contributed by atoms with Crippen LogP contribution in [0.4, 0.5) is 5.82 Å². The number of aromatic nitrogens is 4. The van der Waals surface area contributed by atoms with Gasteiger partial charge in [0.05, 0.1) is 13.7 Å². The molecule has 0 aromatic carbocycles. The highest BCUT2D eigenvalue weighted by molar-refractivity contribution is 5.86. The average Bonchev–Trinajstić information content (AvgIpc) is 2.81. The van der Waals surface area contributed by atoms with Crippen molar-refractivity contribution >= 4 is 11.8 Å². The van der Waals surface area contributed by atoms with Crippen molar-refractivity contribution in [2.24, 2.45) is 7.05 Å². The molecule has 0 spiro atoms. The second-order valence-electron chi connectivity index (χ2n) is 3.60. The molecule has 0 atom stereocenters. The number of anilines is 1. The van der Waals surface area contributed by atoms with E-state index < -0.39 is 5.97 Å². The quantitative estimate of drug-likeness (QED) is 0.797. The van der Waals surface area contributed by atoms with Crippen LogP contribution in [-0.4, -0.2) is 32.8 Å². The molecule has 18 heavy (non-hydrogen) atoms. The van der Waals surface area contributed by atoms with Crippen LogP contribution in [0.1, 0.15) is 16.3 Å². The van der Waals surface area contributed by atoms with Crippen LogP contribution in [0.15, 0.2) is 24.5 Å². The van der Waals surface area contributed by atoms with Crippen molar-refractivity contribution in [3.05, 3.63) is 36.0 Å². The maximum absolute atomic E-state index is 11.2. The monoisotopic (exact) mass is 247 g/mol. The van der Waals surface area contributed by atoms with E-state index in [1.807, 2.05) is 17.8 Å². The molecule has 0 aliphatic rings. The first-order valence-corrected chi connectivity index (χ1v) is 5.33. The van der Waals surface area contributed by atoms with E-state index in [-0.39, 0.29) is 5.69 Å². The standard InChI is InChI=1S/C11H13N5O2/c1-16-6-5-12-10(16)7-13-9-4-3-8(14-15-9)11(17)18-2/h3-6H,7H2,1-2H3,(H,13,15). The minimum Gasteiger partial charge on any atom is -0.464 e. The number of rotatable bonds is 4. The van der Waals surface area contributed by atoms with Gasteiger partial charge in [-0.15, -0.1) is 10.2 Å². The van der Waals surface area contributed by atoms with Gasteiger partial charge in [-0.25, -0.2) is 9.78 Å². The first kappa shape index (κ1) is 12.0. The Kier molecular flexibility index (Phi) is 3.52. The average molecular weight is 247 g/mol. The van der Waals surface area contributed by atoms with Gasteiger partial charge >= 0.3 is 5.97 Å². The molecule has 0 aliphatic heterocycles. The normalized spacial score (nSPS) is 10.1. The molecule has 2 aromatic heterocycles. The molecule has 0 fully saturated rings. The molecule has 0 radical (unpaired) electrons. The van der Waals surface area contributed by atoms with Crippen molar-refractivity contribution in [3.8, 4) is 0 Å². The van der Waals surface area contributed by atoms with E-state index >= 15 is 0 Å². The van der Waals surface area contributed by atoms with Gasteiger partial charge in [0.1, 0.15) is 11.6 Å². The summed E-state index contributed by atoms with van der Waals surface area (Å²) in [6.07, 6.45) is 3.59. The van der Waals surface area contributed by atoms with Gasteiger partial charge in [0.25, 0.3) is 0 Å². The van der Waals surface area contributed by atoms with Crippen LogP contribution in [0.5, 0.6) is 0 Å². The third-order valence-electron chi connectivity index (χ3n) is 2.41. The van der Waals surface area contributed by atoms with Crippen LogP contribution in [0, 0.1) is 0 Å². The molecule has 1 N–H and O–H groups in total. The van der Waals surface area contributed by atoms with Crippen molar-refractivity contribution in [1.82, 2.24) is 19.7 Å². The summed E-state index contributed by atoms with van der Waals surface area (Å²) in [7, 11) is 3.22. The summed E-state index contributed by atoms with van der Waals surface area (Å²) in [5, 5.41) is 10.7. The Morgan fingerprint density at radius 2 is 2.28 bits per heavy atom. The molecule has 7 heteroatoms. The summed E-state index contributed by atoms with van der Waals surface area (Å²) in [4.78, 5) is 15.3. The van der Waals surface area contributed by atoms with Crippen molar-refractivity contribution in [2.75, 3.05) is 12.4 Å². The number of esters is 1. The fourth-order valence-electron chi connectivity index (χ4n) is 1.38. The Morgan fingerprint density at radius 3 is 2.83 bits per heavy atom. The Labute approximate surface area is 104 Å². The topological polar surface area (TPSA) is 81.9 Å². The Hall–Kier alpha value is -2.44. The maximum Gasteiger partial charge on any atom is 0.358 e. The Bertz CT molecular complexity index is 535. The number of aryl methyl sites for hydroxylation is 1. The van der Waals surface area contributed by atoms with E-state index in [1.165, 1.54) is 7.11 Å². The highest BCUT2D eigenvalue weighted by atomic mass is 16.5. The van der Waals surface area contributed by atoms with Crippen LogP contribution in [-0.2, 0) is 18.3 Å². The summed E-state index contributed by atoms with van der Waals surface area (Å²) in [5.74, 6) is 0.956. The van der Waals surface area contributed by atoms with Gasteiger partial charge in [0.15, 0.2) is 5.69 Å². The summed E-state index contributed by atoms with van der Waals surface area (Å²) in [6, 6.07) is 3.22. The molecule has 0 bridgehead atoms. The van der Waals surface area contributed by atoms with Gasteiger partial charge in [-0.2, -0.15) is 0 Å². The summed E-state index contributed by atoms with van der Waals surface area (Å²) >= 11 is 0. The molecule has 0 saturated carbocycles. The largest absolute Gasteiger partial charge is 0.464 e. The van der Waals surface area contributed by atoms with E-state index in [4.69, 9.17) is 0 Å². The van der Waals surface area contributed by atoms with Gasteiger partial charge < -0.3 is 14.6 Å². The van der Waals surface area contributed by atoms with E-state index in [9.17, 15) is 4.79 Å². The Morgan fingerprint density at radius 1 is 1.44 bits per heavy atom. The zero-order chi connectivity index (χ0) is 13.0. The van der Waals surface area contributed by atoms with E-state index in [0.717, 1.165) is 5.82 Å². The maximum atomic E-state index is 11.2. The number of ether oxygens (including phenoxy) is 1. The van der Waals surface area contributed by atoms with Crippen LogP contribution < -0.4 is 5.32 Å². The molecule has 0 aliphatic carbocycles. The molecule has 0 unspecified atom stereocenters. The number of carbonyl (C=O) groups is 1. The number of imidazole rings is 1. The molecule has 0 saturated heterocycles. The lowest BCUT2D eigenvalue weighted by molar-refractivity contribution is 0.0593. The number of carbonyl (C=O) groups excluding carboxylic acids is 1. The highest BCUT2D eigenvalue weighted by Gasteiger charge is 2.07. The Balaban J connectivity index is 1.98. The van der Waals surface area contributed by atoms with Crippen molar-refractivity contribution in [1.29, 1.82) is 0 Å². The smallest absolute Gasteiger partial charge is 0.358 e. The summed E-state index contributed by atoms with van der Waals surface area (Å²) in [5.41, 5.74) is 0.181. The van der Waals surface area contributed by atoms with Crippen LogP contribution in [0.25, 0.3) is 0 Å². The van der Waals surface area contributed by atoms with Crippen LogP contribution in [0.3, 0.4) is 0 Å². The molecule has 7 nitrogen and oxygen atoms in total. The van der Waals surface area contributed by atoms with Crippen molar-refractivity contribution in [2.45, 2.75) is 6.54 Å². The summed E-state index contributed by atoms with van der Waals surface area (Å²) in [6.45, 7) is 0.537.